The van der Waals surface area contributed by atoms with Crippen molar-refractivity contribution in [3.05, 3.63) is 29.8 Å². The van der Waals surface area contributed by atoms with Crippen LogP contribution < -0.4 is 4.74 Å². The average Bonchev–Trinajstić information content (AvgIpc) is 2.27. The number of thioether (sulfide) groups is 1. The van der Waals surface area contributed by atoms with Gasteiger partial charge in [0.25, 0.3) is 0 Å². The lowest BCUT2D eigenvalue weighted by atomic mass is 10.1. The van der Waals surface area contributed by atoms with E-state index in [1.165, 1.54) is 0 Å². The van der Waals surface area contributed by atoms with Crippen LogP contribution >= 0.6 is 11.8 Å². The zero-order chi connectivity index (χ0) is 10.9. The molecule has 0 radical (unpaired) electrons. The Labute approximate surface area is 95.7 Å². The molecule has 1 aromatic rings. The van der Waals surface area contributed by atoms with E-state index in [0.29, 0.717) is 6.42 Å². The molecule has 1 N–H and O–H groups in total. The summed E-state index contributed by atoms with van der Waals surface area (Å²) in [5.74, 6) is 2.06. The molecule has 0 atom stereocenters. The Morgan fingerprint density at radius 3 is 2.60 bits per heavy atom. The van der Waals surface area contributed by atoms with Crippen molar-refractivity contribution < 1.29 is 9.84 Å². The Hall–Kier alpha value is -0.670. The highest BCUT2D eigenvalue weighted by Crippen LogP contribution is 2.12. The molecular weight excluding hydrogens is 208 g/mol. The van der Waals surface area contributed by atoms with Crippen LogP contribution in [0.4, 0.5) is 0 Å². The summed E-state index contributed by atoms with van der Waals surface area (Å²) in [6.07, 6.45) is 3.90. The van der Waals surface area contributed by atoms with Crippen molar-refractivity contribution in [3.63, 3.8) is 0 Å². The zero-order valence-electron chi connectivity index (χ0n) is 9.11. The van der Waals surface area contributed by atoms with Gasteiger partial charge in [-0.15, -0.1) is 0 Å². The van der Waals surface area contributed by atoms with E-state index < -0.39 is 0 Å². The van der Waals surface area contributed by atoms with Crippen molar-refractivity contribution >= 4 is 11.8 Å². The summed E-state index contributed by atoms with van der Waals surface area (Å²) < 4.78 is 5.57. The molecule has 0 amide bonds. The van der Waals surface area contributed by atoms with Crippen LogP contribution in [0.5, 0.6) is 5.75 Å². The van der Waals surface area contributed by atoms with Gasteiger partial charge in [-0.2, -0.15) is 11.8 Å². The van der Waals surface area contributed by atoms with E-state index in [0.717, 1.165) is 30.1 Å². The van der Waals surface area contributed by atoms with E-state index in [4.69, 9.17) is 9.84 Å². The van der Waals surface area contributed by atoms with Crippen LogP contribution in [-0.2, 0) is 6.42 Å². The summed E-state index contributed by atoms with van der Waals surface area (Å²) in [6, 6.07) is 7.93. The molecule has 0 spiro atoms. The smallest absolute Gasteiger partial charge is 0.119 e. The Kier molecular flexibility index (Phi) is 6.28. The molecule has 1 rings (SSSR count). The molecule has 0 aromatic heterocycles. The molecule has 2 nitrogen and oxygen atoms in total. The Morgan fingerprint density at radius 2 is 2.00 bits per heavy atom. The molecule has 0 bridgehead atoms. The lowest BCUT2D eigenvalue weighted by molar-refractivity contribution is 0.299. The third kappa shape index (κ3) is 5.09. The van der Waals surface area contributed by atoms with Gasteiger partial charge in [0, 0.05) is 6.61 Å². The number of benzene rings is 1. The molecule has 0 saturated carbocycles. The maximum Gasteiger partial charge on any atom is 0.119 e. The number of hydrogen-bond donors (Lipinski definition) is 1. The molecule has 0 fully saturated rings. The van der Waals surface area contributed by atoms with Gasteiger partial charge in [0.15, 0.2) is 0 Å². The fourth-order valence-electron chi connectivity index (χ4n) is 1.27. The van der Waals surface area contributed by atoms with Crippen molar-refractivity contribution in [2.45, 2.75) is 12.8 Å². The Morgan fingerprint density at radius 1 is 1.27 bits per heavy atom. The summed E-state index contributed by atoms with van der Waals surface area (Å²) in [6.45, 7) is 0.980. The van der Waals surface area contributed by atoms with E-state index in [1.54, 1.807) is 0 Å². The minimum atomic E-state index is 0.202. The fraction of sp³-hybridized carbons (Fsp3) is 0.500. The minimum absolute atomic E-state index is 0.202. The fourth-order valence-corrected chi connectivity index (χ4v) is 1.68. The van der Waals surface area contributed by atoms with Gasteiger partial charge in [-0.1, -0.05) is 12.1 Å². The quantitative estimate of drug-likeness (QED) is 0.724. The number of aliphatic hydroxyl groups is 1. The molecule has 0 unspecified atom stereocenters. The summed E-state index contributed by atoms with van der Waals surface area (Å²) in [4.78, 5) is 0. The monoisotopic (exact) mass is 226 g/mol. The number of aliphatic hydroxyl groups excluding tert-OH is 1. The predicted octanol–water partition coefficient (Wildman–Crippen LogP) is 2.35. The topological polar surface area (TPSA) is 29.5 Å². The molecule has 0 aliphatic carbocycles. The van der Waals surface area contributed by atoms with Gasteiger partial charge in [-0.05, 0) is 42.5 Å². The van der Waals surface area contributed by atoms with Crippen LogP contribution in [0.15, 0.2) is 24.3 Å². The van der Waals surface area contributed by atoms with Gasteiger partial charge in [-0.3, -0.25) is 0 Å². The minimum Gasteiger partial charge on any atom is -0.494 e. The van der Waals surface area contributed by atoms with Crippen molar-refractivity contribution in [2.24, 2.45) is 0 Å². The summed E-state index contributed by atoms with van der Waals surface area (Å²) in [7, 11) is 0. The van der Waals surface area contributed by atoms with Crippen molar-refractivity contribution in [3.8, 4) is 5.75 Å². The zero-order valence-corrected chi connectivity index (χ0v) is 9.93. The molecular formula is C12H18O2S. The van der Waals surface area contributed by atoms with Gasteiger partial charge in [-0.25, -0.2) is 0 Å². The second kappa shape index (κ2) is 7.60. The van der Waals surface area contributed by atoms with Crippen LogP contribution in [0.25, 0.3) is 0 Å². The van der Waals surface area contributed by atoms with Crippen molar-refractivity contribution in [2.75, 3.05) is 25.2 Å². The first-order valence-corrected chi connectivity index (χ1v) is 6.57. The second-order valence-electron chi connectivity index (χ2n) is 3.31. The van der Waals surface area contributed by atoms with Crippen molar-refractivity contribution in [1.82, 2.24) is 0 Å². The van der Waals surface area contributed by atoms with Gasteiger partial charge < -0.3 is 9.84 Å². The Balaban J connectivity index is 2.29. The third-order valence-electron chi connectivity index (χ3n) is 2.09. The average molecular weight is 226 g/mol. The highest BCUT2D eigenvalue weighted by atomic mass is 32.2. The molecule has 0 aliphatic rings. The number of hydrogen-bond acceptors (Lipinski definition) is 3. The summed E-state index contributed by atoms with van der Waals surface area (Å²) in [5.41, 5.74) is 1.15. The molecule has 0 saturated heterocycles. The van der Waals surface area contributed by atoms with Gasteiger partial charge in [0.05, 0.1) is 6.61 Å². The Bertz CT molecular complexity index is 259. The normalized spacial score (nSPS) is 10.3. The largest absolute Gasteiger partial charge is 0.494 e. The van der Waals surface area contributed by atoms with Crippen molar-refractivity contribution in [1.29, 1.82) is 0 Å². The van der Waals surface area contributed by atoms with Gasteiger partial charge in [0.1, 0.15) is 5.75 Å². The highest BCUT2D eigenvalue weighted by molar-refractivity contribution is 7.98. The SMILES string of the molecule is CSCCCOc1ccc(CCO)cc1. The molecule has 15 heavy (non-hydrogen) atoms. The number of ether oxygens (including phenoxy) is 1. The number of rotatable bonds is 7. The molecule has 3 heteroatoms. The van der Waals surface area contributed by atoms with E-state index in [1.807, 2.05) is 36.0 Å². The highest BCUT2D eigenvalue weighted by Gasteiger charge is 1.95. The van der Waals surface area contributed by atoms with Crippen LogP contribution in [0.3, 0.4) is 0 Å². The summed E-state index contributed by atoms with van der Waals surface area (Å²) in [5, 5.41) is 8.76. The lowest BCUT2D eigenvalue weighted by Crippen LogP contribution is -1.98. The molecule has 0 aliphatic heterocycles. The first kappa shape index (κ1) is 12.4. The standard InChI is InChI=1S/C12H18O2S/c1-15-10-2-9-14-12-5-3-11(4-6-12)7-8-13/h3-6,13H,2,7-10H2,1H3. The van der Waals surface area contributed by atoms with E-state index in [2.05, 4.69) is 6.26 Å². The molecule has 0 heterocycles. The van der Waals surface area contributed by atoms with Gasteiger partial charge in [0.2, 0.25) is 0 Å². The van der Waals surface area contributed by atoms with Crippen LogP contribution in [0, 0.1) is 0 Å². The van der Waals surface area contributed by atoms with Crippen LogP contribution in [0.1, 0.15) is 12.0 Å². The van der Waals surface area contributed by atoms with E-state index in [9.17, 15) is 0 Å². The first-order chi connectivity index (χ1) is 7.36. The predicted molar refractivity (Wildman–Crippen MR) is 65.7 cm³/mol. The van der Waals surface area contributed by atoms with E-state index >= 15 is 0 Å². The molecule has 1 aromatic carbocycles. The third-order valence-corrected chi connectivity index (χ3v) is 2.78. The van der Waals surface area contributed by atoms with Crippen LogP contribution in [-0.4, -0.2) is 30.3 Å². The van der Waals surface area contributed by atoms with E-state index in [-0.39, 0.29) is 6.61 Å². The maximum atomic E-state index is 8.76. The second-order valence-corrected chi connectivity index (χ2v) is 4.30. The lowest BCUT2D eigenvalue weighted by Gasteiger charge is -2.06. The maximum absolute atomic E-state index is 8.76. The molecule has 84 valence electrons. The first-order valence-electron chi connectivity index (χ1n) is 5.18. The summed E-state index contributed by atoms with van der Waals surface area (Å²) >= 11 is 1.84. The van der Waals surface area contributed by atoms with Crippen LogP contribution in [0.2, 0.25) is 0 Å². The van der Waals surface area contributed by atoms with Gasteiger partial charge >= 0.3 is 0 Å².